The van der Waals surface area contributed by atoms with Crippen molar-refractivity contribution in [3.8, 4) is 0 Å². The Labute approximate surface area is 165 Å². The van der Waals surface area contributed by atoms with Crippen LogP contribution in [0.5, 0.6) is 0 Å². The number of sulfonamides is 1. The SMILES string of the molecule is Cc1cccc(NC(=S)Nc2ccc(S(=O)(=O)N3CCOCC3)cc2)c1C. The van der Waals surface area contributed by atoms with Crippen molar-refractivity contribution >= 4 is 38.7 Å². The quantitative estimate of drug-likeness (QED) is 0.762. The van der Waals surface area contributed by atoms with Crippen molar-refractivity contribution in [2.75, 3.05) is 36.9 Å². The van der Waals surface area contributed by atoms with Crippen molar-refractivity contribution in [2.45, 2.75) is 18.7 Å². The average molecular weight is 406 g/mol. The van der Waals surface area contributed by atoms with E-state index in [2.05, 4.69) is 10.6 Å². The molecule has 0 atom stereocenters. The Morgan fingerprint density at radius 1 is 1.04 bits per heavy atom. The van der Waals surface area contributed by atoms with E-state index >= 15 is 0 Å². The molecule has 3 rings (SSSR count). The summed E-state index contributed by atoms with van der Waals surface area (Å²) in [5.41, 5.74) is 3.98. The zero-order chi connectivity index (χ0) is 19.4. The molecule has 27 heavy (non-hydrogen) atoms. The number of benzene rings is 2. The minimum atomic E-state index is -3.49. The van der Waals surface area contributed by atoms with Gasteiger partial charge in [-0.2, -0.15) is 4.31 Å². The van der Waals surface area contributed by atoms with Crippen LogP contribution >= 0.6 is 12.2 Å². The van der Waals surface area contributed by atoms with Crippen molar-refractivity contribution in [2.24, 2.45) is 0 Å². The number of hydrogen-bond acceptors (Lipinski definition) is 4. The van der Waals surface area contributed by atoms with E-state index < -0.39 is 10.0 Å². The number of nitrogens with one attached hydrogen (secondary N) is 2. The molecule has 0 spiro atoms. The smallest absolute Gasteiger partial charge is 0.243 e. The Hall–Kier alpha value is -2.00. The third-order valence-corrected chi connectivity index (χ3v) is 6.69. The number of anilines is 2. The van der Waals surface area contributed by atoms with E-state index in [0.29, 0.717) is 31.4 Å². The highest BCUT2D eigenvalue weighted by Crippen LogP contribution is 2.21. The maximum absolute atomic E-state index is 12.6. The van der Waals surface area contributed by atoms with Gasteiger partial charge in [-0.05, 0) is 67.5 Å². The van der Waals surface area contributed by atoms with Crippen LogP contribution in [-0.2, 0) is 14.8 Å². The van der Waals surface area contributed by atoms with Crippen LogP contribution in [-0.4, -0.2) is 44.1 Å². The summed E-state index contributed by atoms with van der Waals surface area (Å²) < 4.78 is 32.0. The minimum absolute atomic E-state index is 0.267. The number of aryl methyl sites for hydroxylation is 1. The molecule has 2 aromatic carbocycles. The molecule has 144 valence electrons. The minimum Gasteiger partial charge on any atom is -0.379 e. The Morgan fingerprint density at radius 2 is 1.70 bits per heavy atom. The molecular formula is C19H23N3O3S2. The Morgan fingerprint density at radius 3 is 2.37 bits per heavy atom. The van der Waals surface area contributed by atoms with Gasteiger partial charge in [-0.3, -0.25) is 0 Å². The van der Waals surface area contributed by atoms with Crippen molar-refractivity contribution in [3.05, 3.63) is 53.6 Å². The van der Waals surface area contributed by atoms with E-state index in [9.17, 15) is 8.42 Å². The van der Waals surface area contributed by atoms with Crippen LogP contribution in [0.25, 0.3) is 0 Å². The van der Waals surface area contributed by atoms with Crippen LogP contribution in [0.2, 0.25) is 0 Å². The molecule has 0 aliphatic carbocycles. The summed E-state index contributed by atoms with van der Waals surface area (Å²) >= 11 is 5.37. The standard InChI is InChI=1S/C19H23N3O3S2/c1-14-4-3-5-18(15(14)2)21-19(26)20-16-6-8-17(9-7-16)27(23,24)22-10-12-25-13-11-22/h3-9H,10-13H2,1-2H3,(H2,20,21,26). The molecule has 0 amide bonds. The zero-order valence-electron chi connectivity index (χ0n) is 15.4. The molecule has 0 saturated carbocycles. The fraction of sp³-hybridized carbons (Fsp3) is 0.316. The Bertz CT molecular complexity index is 922. The molecule has 0 bridgehead atoms. The zero-order valence-corrected chi connectivity index (χ0v) is 17.0. The molecule has 8 heteroatoms. The third kappa shape index (κ3) is 4.65. The van der Waals surface area contributed by atoms with Crippen molar-refractivity contribution in [1.29, 1.82) is 0 Å². The molecular weight excluding hydrogens is 382 g/mol. The monoisotopic (exact) mass is 405 g/mol. The van der Waals surface area contributed by atoms with Crippen LogP contribution in [0.4, 0.5) is 11.4 Å². The molecule has 2 N–H and O–H groups in total. The third-order valence-electron chi connectivity index (χ3n) is 4.57. The van der Waals surface area contributed by atoms with Gasteiger partial charge in [0.15, 0.2) is 5.11 Å². The number of rotatable bonds is 4. The van der Waals surface area contributed by atoms with Crippen LogP contribution < -0.4 is 10.6 Å². The lowest BCUT2D eigenvalue weighted by Gasteiger charge is -2.26. The first-order chi connectivity index (χ1) is 12.9. The van der Waals surface area contributed by atoms with Gasteiger partial charge in [-0.1, -0.05) is 12.1 Å². The highest BCUT2D eigenvalue weighted by molar-refractivity contribution is 7.89. The number of nitrogens with zero attached hydrogens (tertiary/aromatic N) is 1. The lowest BCUT2D eigenvalue weighted by Crippen LogP contribution is -2.40. The van der Waals surface area contributed by atoms with Gasteiger partial charge >= 0.3 is 0 Å². The van der Waals surface area contributed by atoms with E-state index in [1.165, 1.54) is 9.87 Å². The van der Waals surface area contributed by atoms with Gasteiger partial charge in [0.25, 0.3) is 0 Å². The largest absolute Gasteiger partial charge is 0.379 e. The van der Waals surface area contributed by atoms with Gasteiger partial charge in [-0.25, -0.2) is 8.42 Å². The van der Waals surface area contributed by atoms with Gasteiger partial charge in [0.2, 0.25) is 10.0 Å². The second-order valence-electron chi connectivity index (χ2n) is 6.37. The predicted octanol–water partition coefficient (Wildman–Crippen LogP) is 3.13. The van der Waals surface area contributed by atoms with Crippen molar-refractivity contribution < 1.29 is 13.2 Å². The van der Waals surface area contributed by atoms with E-state index in [1.54, 1.807) is 24.3 Å². The van der Waals surface area contributed by atoms with Gasteiger partial charge in [0, 0.05) is 24.5 Å². The van der Waals surface area contributed by atoms with Gasteiger partial charge in [0.1, 0.15) is 0 Å². The summed E-state index contributed by atoms with van der Waals surface area (Å²) in [6.07, 6.45) is 0. The lowest BCUT2D eigenvalue weighted by molar-refractivity contribution is 0.0730. The second-order valence-corrected chi connectivity index (χ2v) is 8.71. The molecule has 1 saturated heterocycles. The lowest BCUT2D eigenvalue weighted by atomic mass is 10.1. The highest BCUT2D eigenvalue weighted by Gasteiger charge is 2.26. The first-order valence-corrected chi connectivity index (χ1v) is 10.5. The number of morpholine rings is 1. The molecule has 1 heterocycles. The first kappa shape index (κ1) is 19.8. The molecule has 1 aliphatic heterocycles. The van der Waals surface area contributed by atoms with Gasteiger partial charge in [-0.15, -0.1) is 0 Å². The number of hydrogen-bond donors (Lipinski definition) is 2. The fourth-order valence-electron chi connectivity index (χ4n) is 2.82. The Balaban J connectivity index is 1.66. The van der Waals surface area contributed by atoms with Crippen LogP contribution in [0.1, 0.15) is 11.1 Å². The number of thiocarbonyl (C=S) groups is 1. The summed E-state index contributed by atoms with van der Waals surface area (Å²) in [5.74, 6) is 0. The maximum Gasteiger partial charge on any atom is 0.243 e. The first-order valence-electron chi connectivity index (χ1n) is 8.70. The van der Waals surface area contributed by atoms with E-state index in [4.69, 9.17) is 17.0 Å². The van der Waals surface area contributed by atoms with Crippen molar-refractivity contribution in [1.82, 2.24) is 4.31 Å². The molecule has 2 aromatic rings. The summed E-state index contributed by atoms with van der Waals surface area (Å²) in [7, 11) is -3.49. The summed E-state index contributed by atoms with van der Waals surface area (Å²) in [5, 5.41) is 6.71. The van der Waals surface area contributed by atoms with Gasteiger partial charge < -0.3 is 15.4 Å². The average Bonchev–Trinajstić information content (AvgIpc) is 2.66. The predicted molar refractivity (Wildman–Crippen MR) is 112 cm³/mol. The molecule has 0 radical (unpaired) electrons. The molecule has 1 fully saturated rings. The van der Waals surface area contributed by atoms with Crippen LogP contribution in [0, 0.1) is 13.8 Å². The highest BCUT2D eigenvalue weighted by atomic mass is 32.2. The maximum atomic E-state index is 12.6. The van der Waals surface area contributed by atoms with Crippen molar-refractivity contribution in [3.63, 3.8) is 0 Å². The summed E-state index contributed by atoms with van der Waals surface area (Å²) in [4.78, 5) is 0.267. The van der Waals surface area contributed by atoms with E-state index in [0.717, 1.165) is 16.9 Å². The topological polar surface area (TPSA) is 70.7 Å². The van der Waals surface area contributed by atoms with E-state index in [1.807, 2.05) is 32.0 Å². The molecule has 6 nitrogen and oxygen atoms in total. The number of ether oxygens (including phenoxy) is 1. The molecule has 0 aromatic heterocycles. The molecule has 1 aliphatic rings. The van der Waals surface area contributed by atoms with Gasteiger partial charge in [0.05, 0.1) is 18.1 Å². The van der Waals surface area contributed by atoms with E-state index in [-0.39, 0.29) is 4.90 Å². The fourth-order valence-corrected chi connectivity index (χ4v) is 4.45. The van der Waals surface area contributed by atoms with Crippen LogP contribution in [0.15, 0.2) is 47.4 Å². The van der Waals surface area contributed by atoms with Crippen LogP contribution in [0.3, 0.4) is 0 Å². The second kappa shape index (κ2) is 8.35. The normalized spacial score (nSPS) is 15.3. The summed E-state index contributed by atoms with van der Waals surface area (Å²) in [6.45, 7) is 5.70. The summed E-state index contributed by atoms with van der Waals surface area (Å²) in [6, 6.07) is 12.6. The Kier molecular flexibility index (Phi) is 6.11. The molecule has 0 unspecified atom stereocenters.